The Morgan fingerprint density at radius 3 is 1.97 bits per heavy atom. The summed E-state index contributed by atoms with van der Waals surface area (Å²) in [6.45, 7) is 4.51. The van der Waals surface area contributed by atoms with Gasteiger partial charge in [-0.05, 0) is 55.7 Å². The quantitative estimate of drug-likeness (QED) is 0.745. The van der Waals surface area contributed by atoms with Gasteiger partial charge in [0, 0.05) is 56.3 Å². The van der Waals surface area contributed by atoms with Crippen LogP contribution in [-0.2, 0) is 14.8 Å². The molecule has 0 atom stereocenters. The first kappa shape index (κ1) is 21.5. The maximum Gasteiger partial charge on any atom is 0.241 e. The number of anilines is 3. The van der Waals surface area contributed by atoms with Gasteiger partial charge in [-0.2, -0.15) is 0 Å². The van der Waals surface area contributed by atoms with Gasteiger partial charge < -0.3 is 14.7 Å². The number of hydrogen-bond acceptors (Lipinski definition) is 5. The number of hydrogen-bond donors (Lipinski definition) is 1. The average Bonchev–Trinajstić information content (AvgIpc) is 2.80. The second kappa shape index (κ2) is 9.60. The third-order valence-corrected chi connectivity index (χ3v) is 7.10. The van der Waals surface area contributed by atoms with Crippen molar-refractivity contribution in [3.05, 3.63) is 54.6 Å². The molecule has 0 saturated carbocycles. The molecule has 4 rings (SSSR count). The number of nitrogens with zero attached hydrogens (tertiary/aromatic N) is 3. The van der Waals surface area contributed by atoms with E-state index in [1.54, 1.807) is 17.0 Å². The number of piperazine rings is 1. The number of rotatable bonds is 6. The molecule has 2 fully saturated rings. The highest BCUT2D eigenvalue weighted by atomic mass is 32.2. The van der Waals surface area contributed by atoms with Crippen molar-refractivity contribution in [2.75, 3.05) is 59.5 Å². The van der Waals surface area contributed by atoms with Gasteiger partial charge in [0.15, 0.2) is 0 Å². The van der Waals surface area contributed by atoms with Crippen LogP contribution >= 0.6 is 0 Å². The molecule has 1 N–H and O–H groups in total. The van der Waals surface area contributed by atoms with Crippen LogP contribution in [-0.4, -0.2) is 64.2 Å². The molecule has 0 aromatic heterocycles. The van der Waals surface area contributed by atoms with Crippen molar-refractivity contribution in [1.29, 1.82) is 0 Å². The number of para-hydroxylation sites is 1. The van der Waals surface area contributed by atoms with Gasteiger partial charge in [0.1, 0.15) is 5.75 Å². The Kier molecular flexibility index (Phi) is 6.65. The number of nitrogens with one attached hydrogen (secondary N) is 1. The Bertz CT molecular complexity index is 966. The zero-order valence-corrected chi connectivity index (χ0v) is 18.6. The van der Waals surface area contributed by atoms with Gasteiger partial charge in [-0.3, -0.25) is 9.52 Å². The normalized spacial score (nSPS) is 17.5. The van der Waals surface area contributed by atoms with E-state index in [-0.39, 0.29) is 5.91 Å². The zero-order chi connectivity index (χ0) is 21.7. The summed E-state index contributed by atoms with van der Waals surface area (Å²) in [5.41, 5.74) is 2.72. The third kappa shape index (κ3) is 5.70. The van der Waals surface area contributed by atoms with E-state index in [4.69, 9.17) is 0 Å². The molecule has 2 heterocycles. The fourth-order valence-corrected chi connectivity index (χ4v) is 5.29. The molecule has 2 saturated heterocycles. The van der Waals surface area contributed by atoms with E-state index in [0.29, 0.717) is 31.9 Å². The number of sulfonamides is 1. The molecule has 2 aliphatic rings. The van der Waals surface area contributed by atoms with Crippen molar-refractivity contribution in [3.63, 3.8) is 0 Å². The van der Waals surface area contributed by atoms with Crippen LogP contribution in [0.2, 0.25) is 0 Å². The van der Waals surface area contributed by atoms with Crippen LogP contribution in [0.3, 0.4) is 0 Å². The summed E-state index contributed by atoms with van der Waals surface area (Å²) in [5.74, 6) is -0.892. The van der Waals surface area contributed by atoms with Crippen LogP contribution in [0.1, 0.15) is 19.3 Å². The van der Waals surface area contributed by atoms with Crippen LogP contribution in [0.4, 0.5) is 17.1 Å². The molecule has 31 heavy (non-hydrogen) atoms. The fourth-order valence-electron chi connectivity index (χ4n) is 4.21. The molecular weight excluding hydrogens is 412 g/mol. The summed E-state index contributed by atoms with van der Waals surface area (Å²) in [6.07, 6.45) is 3.65. The lowest BCUT2D eigenvalue weighted by atomic mass is 10.1. The Balaban J connectivity index is 1.29. The number of amides is 1. The van der Waals surface area contributed by atoms with Gasteiger partial charge >= 0.3 is 0 Å². The van der Waals surface area contributed by atoms with Crippen LogP contribution < -0.4 is 14.5 Å². The Morgan fingerprint density at radius 2 is 1.32 bits per heavy atom. The molecule has 7 nitrogen and oxygen atoms in total. The minimum absolute atomic E-state index is 0.356. The largest absolute Gasteiger partial charge is 0.372 e. The predicted molar refractivity (Wildman–Crippen MR) is 125 cm³/mol. The number of benzene rings is 2. The van der Waals surface area contributed by atoms with Gasteiger partial charge in [0.2, 0.25) is 15.9 Å². The number of carbonyl (C=O) groups excluding carboxylic acids is 1. The molecule has 2 aromatic carbocycles. The molecule has 2 aliphatic heterocycles. The van der Waals surface area contributed by atoms with E-state index in [0.717, 1.165) is 24.5 Å². The van der Waals surface area contributed by atoms with Gasteiger partial charge in [-0.25, -0.2) is 8.42 Å². The van der Waals surface area contributed by atoms with Gasteiger partial charge in [0.05, 0.1) is 0 Å². The molecule has 0 bridgehead atoms. The molecular formula is C23H30N4O3S. The van der Waals surface area contributed by atoms with E-state index in [1.807, 2.05) is 42.5 Å². The number of carbonyl (C=O) groups is 1. The number of piperidine rings is 1. The second-order valence-electron chi connectivity index (χ2n) is 8.16. The Labute approximate surface area is 184 Å². The van der Waals surface area contributed by atoms with Crippen molar-refractivity contribution in [3.8, 4) is 0 Å². The van der Waals surface area contributed by atoms with E-state index in [1.165, 1.54) is 19.3 Å². The van der Waals surface area contributed by atoms with Gasteiger partial charge in [0.25, 0.3) is 0 Å². The molecule has 0 spiro atoms. The maximum atomic E-state index is 12.6. The first-order chi connectivity index (χ1) is 15.0. The molecule has 166 valence electrons. The lowest BCUT2D eigenvalue weighted by Gasteiger charge is -2.36. The molecule has 0 aliphatic carbocycles. The van der Waals surface area contributed by atoms with Crippen molar-refractivity contribution in [1.82, 2.24) is 4.90 Å². The maximum absolute atomic E-state index is 12.6. The monoisotopic (exact) mass is 442 g/mol. The topological polar surface area (TPSA) is 73.0 Å². The minimum atomic E-state index is -3.76. The van der Waals surface area contributed by atoms with Crippen LogP contribution in [0.25, 0.3) is 0 Å². The average molecular weight is 443 g/mol. The first-order valence-corrected chi connectivity index (χ1v) is 12.6. The molecule has 2 aromatic rings. The van der Waals surface area contributed by atoms with Gasteiger partial charge in [-0.15, -0.1) is 0 Å². The third-order valence-electron chi connectivity index (χ3n) is 5.93. The highest BCUT2D eigenvalue weighted by Crippen LogP contribution is 2.22. The lowest BCUT2D eigenvalue weighted by Crippen LogP contribution is -2.50. The summed E-state index contributed by atoms with van der Waals surface area (Å²) >= 11 is 0. The summed E-state index contributed by atoms with van der Waals surface area (Å²) in [4.78, 5) is 18.8. The SMILES string of the molecule is O=C(CS(=O)(=O)Nc1ccc(N2CCCCC2)cc1)N1CCN(c2ccccc2)CC1. The Hall–Kier alpha value is -2.74. The highest BCUT2D eigenvalue weighted by molar-refractivity contribution is 7.93. The molecule has 0 unspecified atom stereocenters. The van der Waals surface area contributed by atoms with Crippen molar-refractivity contribution in [2.45, 2.75) is 19.3 Å². The second-order valence-corrected chi connectivity index (χ2v) is 9.88. The Morgan fingerprint density at radius 1 is 0.742 bits per heavy atom. The van der Waals surface area contributed by atoms with E-state index in [9.17, 15) is 13.2 Å². The van der Waals surface area contributed by atoms with Crippen LogP contribution in [0.15, 0.2) is 54.6 Å². The smallest absolute Gasteiger partial charge is 0.241 e. The van der Waals surface area contributed by atoms with Crippen LogP contribution in [0, 0.1) is 0 Å². The van der Waals surface area contributed by atoms with E-state index < -0.39 is 15.8 Å². The fraction of sp³-hybridized carbons (Fsp3) is 0.435. The van der Waals surface area contributed by atoms with Crippen molar-refractivity contribution < 1.29 is 13.2 Å². The summed E-state index contributed by atoms with van der Waals surface area (Å²) in [6, 6.07) is 17.5. The summed E-state index contributed by atoms with van der Waals surface area (Å²) < 4.78 is 27.6. The minimum Gasteiger partial charge on any atom is -0.372 e. The standard InChI is InChI=1S/C23H30N4O3S/c28-23(27-17-15-26(16-18-27)21-7-3-1-4-8-21)19-31(29,30)24-20-9-11-22(12-10-20)25-13-5-2-6-14-25/h1,3-4,7-12,24H,2,5-6,13-19H2. The lowest BCUT2D eigenvalue weighted by molar-refractivity contribution is -0.128. The predicted octanol–water partition coefficient (Wildman–Crippen LogP) is 2.77. The molecule has 0 radical (unpaired) electrons. The van der Waals surface area contributed by atoms with Crippen molar-refractivity contribution in [2.24, 2.45) is 0 Å². The zero-order valence-electron chi connectivity index (χ0n) is 17.7. The molecule has 1 amide bonds. The van der Waals surface area contributed by atoms with E-state index >= 15 is 0 Å². The summed E-state index contributed by atoms with van der Waals surface area (Å²) in [5, 5.41) is 0. The van der Waals surface area contributed by atoms with Gasteiger partial charge in [-0.1, -0.05) is 18.2 Å². The summed E-state index contributed by atoms with van der Waals surface area (Å²) in [7, 11) is -3.76. The first-order valence-electron chi connectivity index (χ1n) is 10.9. The van der Waals surface area contributed by atoms with Crippen molar-refractivity contribution >= 4 is 33.0 Å². The van der Waals surface area contributed by atoms with E-state index in [2.05, 4.69) is 14.5 Å². The molecule has 8 heteroatoms. The highest BCUT2D eigenvalue weighted by Gasteiger charge is 2.25. The van der Waals surface area contributed by atoms with Crippen LogP contribution in [0.5, 0.6) is 0 Å².